The summed E-state index contributed by atoms with van der Waals surface area (Å²) in [6.45, 7) is 5.83. The van der Waals surface area contributed by atoms with E-state index in [-0.39, 0.29) is 11.7 Å². The largest absolute Gasteiger partial charge is 0.481 e. The number of hydrogen-bond donors (Lipinski definition) is 1. The van der Waals surface area contributed by atoms with E-state index in [0.29, 0.717) is 12.2 Å². The molecule has 2 rings (SSSR count). The highest BCUT2D eigenvalue weighted by molar-refractivity contribution is 5.94. The van der Waals surface area contributed by atoms with Crippen LogP contribution in [0.5, 0.6) is 5.75 Å². The molecule has 0 spiro atoms. The summed E-state index contributed by atoms with van der Waals surface area (Å²) in [4.78, 5) is 12.3. The van der Waals surface area contributed by atoms with Gasteiger partial charge in [0.25, 0.3) is 5.91 Å². The maximum absolute atomic E-state index is 12.9. The fourth-order valence-electron chi connectivity index (χ4n) is 2.27. The summed E-state index contributed by atoms with van der Waals surface area (Å²) in [6, 6.07) is 11.5. The van der Waals surface area contributed by atoms with E-state index in [4.69, 9.17) is 4.74 Å². The molecule has 116 valence electrons. The Morgan fingerprint density at radius 1 is 1.14 bits per heavy atom. The van der Waals surface area contributed by atoms with E-state index in [9.17, 15) is 9.18 Å². The number of halogens is 1. The van der Waals surface area contributed by atoms with Crippen molar-refractivity contribution in [1.29, 1.82) is 0 Å². The van der Waals surface area contributed by atoms with Gasteiger partial charge in [0.1, 0.15) is 11.6 Å². The van der Waals surface area contributed by atoms with E-state index in [0.717, 1.165) is 16.8 Å². The molecule has 1 amide bonds. The third-order valence-electron chi connectivity index (χ3n) is 3.24. The number of ether oxygens (including phenoxy) is 1. The van der Waals surface area contributed by atoms with E-state index in [1.807, 2.05) is 39.0 Å². The van der Waals surface area contributed by atoms with Crippen molar-refractivity contribution in [3.05, 3.63) is 59.4 Å². The fourth-order valence-corrected chi connectivity index (χ4v) is 2.27. The quantitative estimate of drug-likeness (QED) is 0.897. The summed E-state index contributed by atoms with van der Waals surface area (Å²) in [5, 5.41) is 2.87. The van der Waals surface area contributed by atoms with Crippen LogP contribution in [-0.2, 0) is 4.79 Å². The van der Waals surface area contributed by atoms with Crippen molar-refractivity contribution >= 4 is 11.6 Å². The third-order valence-corrected chi connectivity index (χ3v) is 3.24. The maximum atomic E-state index is 12.9. The molecule has 0 saturated heterocycles. The van der Waals surface area contributed by atoms with Crippen LogP contribution >= 0.6 is 0 Å². The number of rotatable bonds is 5. The Morgan fingerprint density at radius 3 is 2.27 bits per heavy atom. The van der Waals surface area contributed by atoms with Crippen LogP contribution < -0.4 is 10.1 Å². The van der Waals surface area contributed by atoms with Gasteiger partial charge in [-0.3, -0.25) is 4.79 Å². The van der Waals surface area contributed by atoms with Gasteiger partial charge in [0.05, 0.1) is 0 Å². The normalized spacial score (nSPS) is 11.8. The number of nitrogens with one attached hydrogen (secondary N) is 1. The van der Waals surface area contributed by atoms with Crippen molar-refractivity contribution in [1.82, 2.24) is 0 Å². The van der Waals surface area contributed by atoms with Gasteiger partial charge in [-0.05, 0) is 67.8 Å². The van der Waals surface area contributed by atoms with Crippen LogP contribution in [0.2, 0.25) is 0 Å². The number of benzene rings is 2. The Kier molecular flexibility index (Phi) is 5.15. The zero-order chi connectivity index (χ0) is 16.1. The second-order valence-corrected chi connectivity index (χ2v) is 5.33. The average molecular weight is 301 g/mol. The van der Waals surface area contributed by atoms with E-state index in [1.165, 1.54) is 24.3 Å². The molecule has 0 bridgehead atoms. The fraction of sp³-hybridized carbons (Fsp3) is 0.278. The van der Waals surface area contributed by atoms with Crippen LogP contribution in [0.25, 0.3) is 0 Å². The topological polar surface area (TPSA) is 38.3 Å². The molecular formula is C18H20FNO2. The Labute approximate surface area is 130 Å². The minimum atomic E-state index is -0.619. The van der Waals surface area contributed by atoms with Gasteiger partial charge in [0.2, 0.25) is 0 Å². The van der Waals surface area contributed by atoms with Crippen molar-refractivity contribution in [2.45, 2.75) is 33.3 Å². The lowest BCUT2D eigenvalue weighted by molar-refractivity contribution is -0.122. The molecule has 4 heteroatoms. The summed E-state index contributed by atoms with van der Waals surface area (Å²) < 4.78 is 18.5. The first-order valence-corrected chi connectivity index (χ1v) is 7.29. The Bertz CT molecular complexity index is 632. The highest BCUT2D eigenvalue weighted by Crippen LogP contribution is 2.17. The molecule has 2 aromatic rings. The minimum absolute atomic E-state index is 0.211. The molecule has 0 aliphatic heterocycles. The second-order valence-electron chi connectivity index (χ2n) is 5.33. The molecule has 0 aromatic heterocycles. The zero-order valence-corrected chi connectivity index (χ0v) is 13.0. The number of carbonyl (C=O) groups excluding carboxylic acids is 1. The van der Waals surface area contributed by atoms with E-state index in [2.05, 4.69) is 5.32 Å². The van der Waals surface area contributed by atoms with Gasteiger partial charge < -0.3 is 10.1 Å². The number of amides is 1. The van der Waals surface area contributed by atoms with Gasteiger partial charge in [0.15, 0.2) is 6.10 Å². The standard InChI is InChI=1S/C18H20FNO2/c1-4-17(22-16-7-5-14(19)6-8-16)18(21)20-15-10-12(2)9-13(3)11-15/h5-11,17H,4H2,1-3H3,(H,20,21)/t17-/m1/s1. The number of carbonyl (C=O) groups is 1. The smallest absolute Gasteiger partial charge is 0.265 e. The molecule has 2 aromatic carbocycles. The van der Waals surface area contributed by atoms with Gasteiger partial charge in [-0.25, -0.2) is 4.39 Å². The van der Waals surface area contributed by atoms with E-state index < -0.39 is 6.10 Å². The van der Waals surface area contributed by atoms with Gasteiger partial charge in [-0.2, -0.15) is 0 Å². The van der Waals surface area contributed by atoms with Crippen LogP contribution in [0.4, 0.5) is 10.1 Å². The molecule has 0 aliphatic rings. The molecule has 1 atom stereocenters. The number of anilines is 1. The molecule has 3 nitrogen and oxygen atoms in total. The summed E-state index contributed by atoms with van der Waals surface area (Å²) in [5.41, 5.74) is 2.93. The lowest BCUT2D eigenvalue weighted by Gasteiger charge is -2.17. The third kappa shape index (κ3) is 4.32. The summed E-state index contributed by atoms with van der Waals surface area (Å²) in [5.74, 6) is -0.0688. The lowest BCUT2D eigenvalue weighted by atomic mass is 10.1. The first-order valence-electron chi connectivity index (χ1n) is 7.29. The van der Waals surface area contributed by atoms with Crippen LogP contribution in [0.3, 0.4) is 0 Å². The Hall–Kier alpha value is -2.36. The zero-order valence-electron chi connectivity index (χ0n) is 13.0. The number of aryl methyl sites for hydroxylation is 2. The van der Waals surface area contributed by atoms with Gasteiger partial charge in [-0.1, -0.05) is 13.0 Å². The molecule has 22 heavy (non-hydrogen) atoms. The van der Waals surface area contributed by atoms with Crippen LogP contribution in [0.1, 0.15) is 24.5 Å². The maximum Gasteiger partial charge on any atom is 0.265 e. The summed E-state index contributed by atoms with van der Waals surface area (Å²) >= 11 is 0. The van der Waals surface area contributed by atoms with Crippen molar-refractivity contribution in [2.24, 2.45) is 0 Å². The van der Waals surface area contributed by atoms with Crippen molar-refractivity contribution < 1.29 is 13.9 Å². The first kappa shape index (κ1) is 16.0. The highest BCUT2D eigenvalue weighted by Gasteiger charge is 2.18. The molecule has 1 N–H and O–H groups in total. The average Bonchev–Trinajstić information content (AvgIpc) is 2.45. The first-order chi connectivity index (χ1) is 10.5. The monoisotopic (exact) mass is 301 g/mol. The highest BCUT2D eigenvalue weighted by atomic mass is 19.1. The second kappa shape index (κ2) is 7.07. The van der Waals surface area contributed by atoms with Crippen LogP contribution in [0.15, 0.2) is 42.5 Å². The van der Waals surface area contributed by atoms with Crippen molar-refractivity contribution in [2.75, 3.05) is 5.32 Å². The molecule has 0 fully saturated rings. The van der Waals surface area contributed by atoms with E-state index >= 15 is 0 Å². The molecule has 0 saturated carbocycles. The molecule has 0 heterocycles. The van der Waals surface area contributed by atoms with Gasteiger partial charge in [-0.15, -0.1) is 0 Å². The van der Waals surface area contributed by atoms with Gasteiger partial charge >= 0.3 is 0 Å². The Morgan fingerprint density at radius 2 is 1.73 bits per heavy atom. The van der Waals surface area contributed by atoms with Crippen LogP contribution in [0, 0.1) is 19.7 Å². The molecule has 0 radical (unpaired) electrons. The van der Waals surface area contributed by atoms with Crippen LogP contribution in [-0.4, -0.2) is 12.0 Å². The number of hydrogen-bond acceptors (Lipinski definition) is 2. The minimum Gasteiger partial charge on any atom is -0.481 e. The Balaban J connectivity index is 2.06. The molecule has 0 aliphatic carbocycles. The lowest BCUT2D eigenvalue weighted by Crippen LogP contribution is -2.32. The van der Waals surface area contributed by atoms with Gasteiger partial charge in [0, 0.05) is 5.69 Å². The van der Waals surface area contributed by atoms with E-state index in [1.54, 1.807) is 0 Å². The predicted octanol–water partition coefficient (Wildman–Crippen LogP) is 4.24. The SMILES string of the molecule is CC[C@@H](Oc1ccc(F)cc1)C(=O)Nc1cc(C)cc(C)c1. The van der Waals surface area contributed by atoms with Crippen molar-refractivity contribution in [3.8, 4) is 5.75 Å². The summed E-state index contributed by atoms with van der Waals surface area (Å²) in [6.07, 6.45) is -0.0974. The molecular weight excluding hydrogens is 281 g/mol. The molecule has 0 unspecified atom stereocenters. The summed E-state index contributed by atoms with van der Waals surface area (Å²) in [7, 11) is 0. The predicted molar refractivity (Wildman–Crippen MR) is 85.7 cm³/mol. The van der Waals surface area contributed by atoms with Crippen molar-refractivity contribution in [3.63, 3.8) is 0 Å².